The largest absolute Gasteiger partial charge is 0.377 e. The van der Waals surface area contributed by atoms with Crippen molar-refractivity contribution in [3.05, 3.63) is 0 Å². The lowest BCUT2D eigenvalue weighted by atomic mass is 10.1. The van der Waals surface area contributed by atoms with E-state index in [1.165, 1.54) is 6.42 Å². The van der Waals surface area contributed by atoms with Gasteiger partial charge in [-0.25, -0.2) is 0 Å². The fourth-order valence-corrected chi connectivity index (χ4v) is 1.56. The van der Waals surface area contributed by atoms with Crippen LogP contribution >= 0.6 is 24.0 Å². The number of methoxy groups -OCH3 is 1. The second-order valence-corrected chi connectivity index (χ2v) is 5.82. The average Bonchev–Trinajstić information content (AvgIpc) is 2.43. The monoisotopic (exact) mass is 414 g/mol. The molecule has 0 spiro atoms. The third-order valence-corrected chi connectivity index (χ3v) is 3.61. The van der Waals surface area contributed by atoms with Gasteiger partial charge in [-0.05, 0) is 41.2 Å². The number of ether oxygens (including phenoxy) is 1. The van der Waals surface area contributed by atoms with Gasteiger partial charge in [0.25, 0.3) is 0 Å². The molecule has 0 saturated heterocycles. The van der Waals surface area contributed by atoms with Crippen LogP contribution in [-0.2, 0) is 4.74 Å². The zero-order valence-corrected chi connectivity index (χ0v) is 17.2. The number of likely N-dealkylation sites (N-methyl/N-ethyl adjacent to an activating group) is 1. The van der Waals surface area contributed by atoms with Crippen LogP contribution in [0.2, 0.25) is 0 Å². The van der Waals surface area contributed by atoms with Gasteiger partial charge in [0.05, 0.1) is 12.1 Å². The van der Waals surface area contributed by atoms with Crippen LogP contribution in [0.3, 0.4) is 0 Å². The van der Waals surface area contributed by atoms with E-state index in [2.05, 4.69) is 48.3 Å². The number of rotatable bonds is 9. The van der Waals surface area contributed by atoms with E-state index in [9.17, 15) is 0 Å². The zero-order chi connectivity index (χ0) is 15.6. The molecule has 0 aliphatic rings. The summed E-state index contributed by atoms with van der Waals surface area (Å²) in [6, 6.07) is 0.615. The van der Waals surface area contributed by atoms with Crippen LogP contribution in [-0.4, -0.2) is 62.8 Å². The molecule has 128 valence electrons. The summed E-state index contributed by atoms with van der Waals surface area (Å²) in [5, 5.41) is 6.63. The van der Waals surface area contributed by atoms with Crippen LogP contribution in [0, 0.1) is 0 Å². The Morgan fingerprint density at radius 3 is 2.38 bits per heavy atom. The van der Waals surface area contributed by atoms with Crippen LogP contribution in [0.4, 0.5) is 0 Å². The molecular weight excluding hydrogens is 379 g/mol. The lowest BCUT2D eigenvalue weighted by molar-refractivity contribution is 0.0310. The van der Waals surface area contributed by atoms with E-state index in [0.717, 1.165) is 25.6 Å². The standard InChI is InChI=1S/C15H34N4O.HI/c1-8-13(3)19(6)11-10-17-14(16-9-2)18-12-15(4,5)20-7;/h13H,8-12H2,1-7H3,(H2,16,17,18);1H. The number of aliphatic imine (C=N–C) groups is 1. The molecule has 1 unspecified atom stereocenters. The maximum absolute atomic E-state index is 5.38. The van der Waals surface area contributed by atoms with Gasteiger partial charge in [0.15, 0.2) is 5.96 Å². The predicted octanol–water partition coefficient (Wildman–Crippen LogP) is 2.31. The molecule has 1 atom stereocenters. The smallest absolute Gasteiger partial charge is 0.191 e. The molecule has 0 amide bonds. The minimum atomic E-state index is -0.226. The number of guanidine groups is 1. The Hall–Kier alpha value is -0.0800. The van der Waals surface area contributed by atoms with E-state index >= 15 is 0 Å². The zero-order valence-electron chi connectivity index (χ0n) is 14.8. The summed E-state index contributed by atoms with van der Waals surface area (Å²) < 4.78 is 5.38. The summed E-state index contributed by atoms with van der Waals surface area (Å²) in [5.74, 6) is 0.857. The Bertz CT molecular complexity index is 285. The van der Waals surface area contributed by atoms with Crippen molar-refractivity contribution >= 4 is 29.9 Å². The van der Waals surface area contributed by atoms with Crippen molar-refractivity contribution in [2.24, 2.45) is 4.99 Å². The Kier molecular flexibility index (Phi) is 13.8. The van der Waals surface area contributed by atoms with Gasteiger partial charge in [-0.1, -0.05) is 6.92 Å². The lowest BCUT2D eigenvalue weighted by Gasteiger charge is -2.24. The molecule has 0 aliphatic heterocycles. The summed E-state index contributed by atoms with van der Waals surface area (Å²) in [5.41, 5.74) is -0.226. The fraction of sp³-hybridized carbons (Fsp3) is 0.933. The first-order valence-corrected chi connectivity index (χ1v) is 7.63. The molecule has 0 aromatic rings. The van der Waals surface area contributed by atoms with E-state index in [1.54, 1.807) is 7.11 Å². The van der Waals surface area contributed by atoms with Crippen LogP contribution in [0.5, 0.6) is 0 Å². The molecule has 0 aromatic heterocycles. The highest BCUT2D eigenvalue weighted by Crippen LogP contribution is 2.06. The molecule has 0 bridgehead atoms. The molecule has 0 radical (unpaired) electrons. The van der Waals surface area contributed by atoms with Gasteiger partial charge >= 0.3 is 0 Å². The highest BCUT2D eigenvalue weighted by atomic mass is 127. The third kappa shape index (κ3) is 11.2. The van der Waals surface area contributed by atoms with Gasteiger partial charge in [-0.2, -0.15) is 0 Å². The van der Waals surface area contributed by atoms with Crippen LogP contribution in [0.1, 0.15) is 41.0 Å². The van der Waals surface area contributed by atoms with Gasteiger partial charge < -0.3 is 20.3 Å². The molecule has 6 heteroatoms. The van der Waals surface area contributed by atoms with Crippen molar-refractivity contribution in [3.8, 4) is 0 Å². The lowest BCUT2D eigenvalue weighted by Crippen LogP contribution is -2.43. The Labute approximate surface area is 148 Å². The van der Waals surface area contributed by atoms with E-state index < -0.39 is 0 Å². The molecule has 2 N–H and O–H groups in total. The predicted molar refractivity (Wildman–Crippen MR) is 103 cm³/mol. The van der Waals surface area contributed by atoms with Crippen molar-refractivity contribution in [2.75, 3.05) is 40.3 Å². The minimum Gasteiger partial charge on any atom is -0.377 e. The summed E-state index contributed by atoms with van der Waals surface area (Å²) in [7, 11) is 3.88. The maximum atomic E-state index is 5.38. The van der Waals surface area contributed by atoms with Gasteiger partial charge in [0.2, 0.25) is 0 Å². The maximum Gasteiger partial charge on any atom is 0.191 e. The Balaban J connectivity index is 0. The van der Waals surface area contributed by atoms with Crippen molar-refractivity contribution in [1.82, 2.24) is 15.5 Å². The van der Waals surface area contributed by atoms with E-state index in [4.69, 9.17) is 4.74 Å². The first kappa shape index (κ1) is 23.2. The second-order valence-electron chi connectivity index (χ2n) is 5.82. The summed E-state index contributed by atoms with van der Waals surface area (Å²) in [4.78, 5) is 6.93. The van der Waals surface area contributed by atoms with Crippen LogP contribution in [0.25, 0.3) is 0 Å². The van der Waals surface area contributed by atoms with E-state index in [0.29, 0.717) is 12.6 Å². The first-order chi connectivity index (χ1) is 9.36. The molecule has 0 aliphatic carbocycles. The SMILES string of the molecule is CCNC(=NCC(C)(C)OC)NCCN(C)C(C)CC.I. The van der Waals surface area contributed by atoms with Gasteiger partial charge in [-0.15, -0.1) is 24.0 Å². The van der Waals surface area contributed by atoms with E-state index in [1.807, 2.05) is 13.8 Å². The quantitative estimate of drug-likeness (QED) is 0.346. The Morgan fingerprint density at radius 1 is 1.29 bits per heavy atom. The average molecular weight is 414 g/mol. The minimum absolute atomic E-state index is 0. The Morgan fingerprint density at radius 2 is 1.90 bits per heavy atom. The number of nitrogens with zero attached hydrogens (tertiary/aromatic N) is 2. The van der Waals surface area contributed by atoms with E-state index in [-0.39, 0.29) is 29.6 Å². The third-order valence-electron chi connectivity index (χ3n) is 3.61. The first-order valence-electron chi connectivity index (χ1n) is 7.63. The second kappa shape index (κ2) is 12.5. The number of hydrogen-bond acceptors (Lipinski definition) is 3. The molecule has 0 saturated carbocycles. The molecule has 0 aromatic carbocycles. The van der Waals surface area contributed by atoms with Gasteiger partial charge in [-0.3, -0.25) is 4.99 Å². The van der Waals surface area contributed by atoms with Crippen molar-refractivity contribution in [2.45, 2.75) is 52.7 Å². The van der Waals surface area contributed by atoms with Crippen molar-refractivity contribution in [1.29, 1.82) is 0 Å². The number of halogens is 1. The van der Waals surface area contributed by atoms with Crippen LogP contribution in [0.15, 0.2) is 4.99 Å². The molecular formula is C15H35IN4O. The highest BCUT2D eigenvalue weighted by Gasteiger charge is 2.15. The highest BCUT2D eigenvalue weighted by molar-refractivity contribution is 14.0. The topological polar surface area (TPSA) is 48.9 Å². The van der Waals surface area contributed by atoms with Gasteiger partial charge in [0.1, 0.15) is 0 Å². The normalized spacial score (nSPS) is 13.8. The van der Waals surface area contributed by atoms with Crippen molar-refractivity contribution in [3.63, 3.8) is 0 Å². The molecule has 5 nitrogen and oxygen atoms in total. The molecule has 21 heavy (non-hydrogen) atoms. The summed E-state index contributed by atoms with van der Waals surface area (Å²) in [6.45, 7) is 14.0. The number of nitrogens with one attached hydrogen (secondary N) is 2. The molecule has 0 fully saturated rings. The summed E-state index contributed by atoms with van der Waals surface area (Å²) in [6.07, 6.45) is 1.17. The summed E-state index contributed by atoms with van der Waals surface area (Å²) >= 11 is 0. The number of hydrogen-bond donors (Lipinski definition) is 2. The molecule has 0 heterocycles. The van der Waals surface area contributed by atoms with Crippen molar-refractivity contribution < 1.29 is 4.74 Å². The molecule has 0 rings (SSSR count). The van der Waals surface area contributed by atoms with Gasteiger partial charge in [0, 0.05) is 32.8 Å². The van der Waals surface area contributed by atoms with Crippen LogP contribution < -0.4 is 10.6 Å². The fourth-order valence-electron chi connectivity index (χ4n) is 1.56.